The fraction of sp³-hybridized carbons (Fsp3) is 0.462. The molecule has 0 aromatic heterocycles. The van der Waals surface area contributed by atoms with Crippen LogP contribution in [0.25, 0.3) is 0 Å². The molecule has 0 bridgehead atoms. The highest BCUT2D eigenvalue weighted by atomic mass is 16.7. The number of aliphatic imine (C=N–C) groups is 1. The summed E-state index contributed by atoms with van der Waals surface area (Å²) in [5, 5.41) is 5.06. The van der Waals surface area contributed by atoms with E-state index in [1.807, 2.05) is 30.3 Å². The topological polar surface area (TPSA) is 36.9 Å². The summed E-state index contributed by atoms with van der Waals surface area (Å²) < 4.78 is 0. The van der Waals surface area contributed by atoms with Crippen molar-refractivity contribution in [2.75, 3.05) is 20.1 Å². The molecule has 1 aliphatic heterocycles. The molecule has 17 heavy (non-hydrogen) atoms. The summed E-state index contributed by atoms with van der Waals surface area (Å²) in [6.07, 6.45) is 0.832. The Morgan fingerprint density at radius 1 is 1.35 bits per heavy atom. The van der Waals surface area contributed by atoms with Crippen molar-refractivity contribution in [2.45, 2.75) is 19.5 Å². The molecule has 0 saturated heterocycles. The Bertz CT molecular complexity index is 378. The van der Waals surface area contributed by atoms with E-state index in [0.717, 1.165) is 25.4 Å². The standard InChI is InChI=1S/C13H19N3O/c1-3-12-15-13(11-7-5-4-6-8-11)16(17-12)10-9-14-2/h4-8,13-14H,3,9-10H2,1-2H3. The summed E-state index contributed by atoms with van der Waals surface area (Å²) in [6.45, 7) is 3.77. The molecule has 0 fully saturated rings. The van der Waals surface area contributed by atoms with Crippen molar-refractivity contribution in [2.24, 2.45) is 4.99 Å². The summed E-state index contributed by atoms with van der Waals surface area (Å²) in [5.74, 6) is 0.815. The molecule has 2 rings (SSSR count). The lowest BCUT2D eigenvalue weighted by Gasteiger charge is -2.21. The minimum Gasteiger partial charge on any atom is -0.388 e. The molecule has 0 spiro atoms. The third kappa shape index (κ3) is 2.84. The molecular formula is C13H19N3O. The van der Waals surface area contributed by atoms with Gasteiger partial charge in [-0.2, -0.15) is 0 Å². The average molecular weight is 233 g/mol. The van der Waals surface area contributed by atoms with E-state index in [1.165, 1.54) is 5.56 Å². The first-order valence-electron chi connectivity index (χ1n) is 6.06. The number of hydrogen-bond acceptors (Lipinski definition) is 4. The predicted octanol–water partition coefficient (Wildman–Crippen LogP) is 1.96. The first kappa shape index (κ1) is 12.1. The monoisotopic (exact) mass is 233 g/mol. The maximum absolute atomic E-state index is 5.72. The highest BCUT2D eigenvalue weighted by molar-refractivity contribution is 5.76. The van der Waals surface area contributed by atoms with Gasteiger partial charge in [0.05, 0.1) is 6.54 Å². The van der Waals surface area contributed by atoms with Gasteiger partial charge in [-0.3, -0.25) is 0 Å². The number of rotatable bonds is 5. The van der Waals surface area contributed by atoms with Crippen LogP contribution in [0.15, 0.2) is 35.3 Å². The van der Waals surface area contributed by atoms with Crippen molar-refractivity contribution in [3.8, 4) is 0 Å². The molecule has 4 heteroatoms. The summed E-state index contributed by atoms with van der Waals surface area (Å²) in [5.41, 5.74) is 1.17. The maximum Gasteiger partial charge on any atom is 0.211 e. The van der Waals surface area contributed by atoms with Crippen molar-refractivity contribution in [3.63, 3.8) is 0 Å². The zero-order valence-electron chi connectivity index (χ0n) is 10.4. The highest BCUT2D eigenvalue weighted by Gasteiger charge is 2.28. The van der Waals surface area contributed by atoms with Gasteiger partial charge in [0.2, 0.25) is 5.90 Å². The molecule has 92 valence electrons. The molecule has 4 nitrogen and oxygen atoms in total. The van der Waals surface area contributed by atoms with Crippen LogP contribution in [0, 0.1) is 0 Å². The van der Waals surface area contributed by atoms with E-state index in [-0.39, 0.29) is 6.17 Å². The Labute approximate surface area is 102 Å². The third-order valence-electron chi connectivity index (χ3n) is 2.74. The summed E-state index contributed by atoms with van der Waals surface area (Å²) in [6, 6.07) is 10.3. The smallest absolute Gasteiger partial charge is 0.211 e. The first-order valence-corrected chi connectivity index (χ1v) is 6.06. The molecule has 1 unspecified atom stereocenters. The lowest BCUT2D eigenvalue weighted by molar-refractivity contribution is -0.0843. The normalized spacial score (nSPS) is 20.1. The summed E-state index contributed by atoms with van der Waals surface area (Å²) >= 11 is 0. The van der Waals surface area contributed by atoms with Crippen LogP contribution in [-0.2, 0) is 4.84 Å². The minimum absolute atomic E-state index is 0.000463. The van der Waals surface area contributed by atoms with Gasteiger partial charge in [-0.15, -0.1) is 5.06 Å². The lowest BCUT2D eigenvalue weighted by Crippen LogP contribution is -2.30. The Balaban J connectivity index is 2.13. The molecule has 1 N–H and O–H groups in total. The molecule has 1 aromatic rings. The number of benzene rings is 1. The largest absolute Gasteiger partial charge is 0.388 e. The van der Waals surface area contributed by atoms with Crippen LogP contribution < -0.4 is 5.32 Å². The van der Waals surface area contributed by atoms with E-state index in [2.05, 4.69) is 29.4 Å². The Kier molecular flexibility index (Phi) is 4.12. The number of hydroxylamine groups is 2. The molecule has 1 atom stereocenters. The SMILES string of the molecule is CCC1=NC(c2ccccc2)N(CCNC)O1. The number of nitrogens with zero attached hydrogens (tertiary/aromatic N) is 2. The van der Waals surface area contributed by atoms with Crippen molar-refractivity contribution < 1.29 is 4.84 Å². The van der Waals surface area contributed by atoms with Crippen LogP contribution in [0.1, 0.15) is 25.1 Å². The quantitative estimate of drug-likeness (QED) is 0.844. The van der Waals surface area contributed by atoms with Crippen molar-refractivity contribution in [3.05, 3.63) is 35.9 Å². The van der Waals surface area contributed by atoms with Gasteiger partial charge in [0.1, 0.15) is 0 Å². The average Bonchev–Trinajstić information content (AvgIpc) is 2.80. The molecule has 0 radical (unpaired) electrons. The molecule has 1 heterocycles. The zero-order valence-corrected chi connectivity index (χ0v) is 10.4. The fourth-order valence-corrected chi connectivity index (χ4v) is 1.82. The van der Waals surface area contributed by atoms with Gasteiger partial charge in [0.15, 0.2) is 6.17 Å². The van der Waals surface area contributed by atoms with E-state index < -0.39 is 0 Å². The van der Waals surface area contributed by atoms with Crippen molar-refractivity contribution in [1.82, 2.24) is 10.4 Å². The van der Waals surface area contributed by atoms with Gasteiger partial charge in [-0.1, -0.05) is 37.3 Å². The molecule has 0 aliphatic carbocycles. The van der Waals surface area contributed by atoms with Crippen molar-refractivity contribution >= 4 is 5.90 Å². The second-order valence-electron chi connectivity index (χ2n) is 4.00. The van der Waals surface area contributed by atoms with Gasteiger partial charge in [0.25, 0.3) is 0 Å². The third-order valence-corrected chi connectivity index (χ3v) is 2.74. The molecule has 1 aromatic carbocycles. The van der Waals surface area contributed by atoms with E-state index in [4.69, 9.17) is 4.84 Å². The van der Waals surface area contributed by atoms with Gasteiger partial charge in [-0.25, -0.2) is 4.99 Å². The predicted molar refractivity (Wildman–Crippen MR) is 68.6 cm³/mol. The van der Waals surface area contributed by atoms with E-state index in [1.54, 1.807) is 0 Å². The summed E-state index contributed by atoms with van der Waals surface area (Å²) in [4.78, 5) is 10.3. The van der Waals surface area contributed by atoms with Gasteiger partial charge in [-0.05, 0) is 12.6 Å². The Hall–Kier alpha value is -1.39. The highest BCUT2D eigenvalue weighted by Crippen LogP contribution is 2.27. The van der Waals surface area contributed by atoms with Crippen molar-refractivity contribution in [1.29, 1.82) is 0 Å². The van der Waals surface area contributed by atoms with Gasteiger partial charge in [0, 0.05) is 13.0 Å². The summed E-state index contributed by atoms with van der Waals surface area (Å²) in [7, 11) is 1.94. The van der Waals surface area contributed by atoms with Crippen LogP contribution in [0.5, 0.6) is 0 Å². The molecule has 0 amide bonds. The van der Waals surface area contributed by atoms with Crippen LogP contribution in [-0.4, -0.2) is 31.1 Å². The van der Waals surface area contributed by atoms with E-state index in [9.17, 15) is 0 Å². The number of likely N-dealkylation sites (N-methyl/N-ethyl adjacent to an activating group) is 1. The molecule has 0 saturated carbocycles. The molecular weight excluding hydrogens is 214 g/mol. The van der Waals surface area contributed by atoms with Gasteiger partial charge < -0.3 is 10.2 Å². The van der Waals surface area contributed by atoms with Gasteiger partial charge >= 0.3 is 0 Å². The number of nitrogens with one attached hydrogen (secondary N) is 1. The number of hydrogen-bond donors (Lipinski definition) is 1. The second kappa shape index (κ2) is 5.80. The lowest BCUT2D eigenvalue weighted by atomic mass is 10.2. The van der Waals surface area contributed by atoms with Crippen LogP contribution in [0.4, 0.5) is 0 Å². The fourth-order valence-electron chi connectivity index (χ4n) is 1.82. The van der Waals surface area contributed by atoms with Crippen LogP contribution in [0.3, 0.4) is 0 Å². The van der Waals surface area contributed by atoms with E-state index in [0.29, 0.717) is 0 Å². The minimum atomic E-state index is -0.000463. The van der Waals surface area contributed by atoms with Crippen LogP contribution >= 0.6 is 0 Å². The van der Waals surface area contributed by atoms with E-state index >= 15 is 0 Å². The Morgan fingerprint density at radius 2 is 2.12 bits per heavy atom. The maximum atomic E-state index is 5.72. The second-order valence-corrected chi connectivity index (χ2v) is 4.00. The Morgan fingerprint density at radius 3 is 2.76 bits per heavy atom. The first-order chi connectivity index (χ1) is 8.35. The molecule has 1 aliphatic rings. The zero-order chi connectivity index (χ0) is 12.1. The van der Waals surface area contributed by atoms with Crippen LogP contribution in [0.2, 0.25) is 0 Å².